The van der Waals surface area contributed by atoms with E-state index in [1.54, 1.807) is 36.5 Å². The van der Waals surface area contributed by atoms with Crippen LogP contribution in [0.3, 0.4) is 0 Å². The third-order valence-electron chi connectivity index (χ3n) is 3.63. The summed E-state index contributed by atoms with van der Waals surface area (Å²) in [6.45, 7) is 0. The maximum absolute atomic E-state index is 12.4. The van der Waals surface area contributed by atoms with Gasteiger partial charge in [-0.3, -0.25) is 9.71 Å². The number of aromatic nitrogens is 1. The van der Waals surface area contributed by atoms with E-state index in [1.807, 2.05) is 12.1 Å². The highest BCUT2D eigenvalue weighted by Crippen LogP contribution is 2.41. The Kier molecular flexibility index (Phi) is 2.41. The molecule has 2 radical (unpaired) electrons. The first-order valence-electron chi connectivity index (χ1n) is 6.37. The minimum absolute atomic E-state index is 0.257. The molecule has 2 aromatic carbocycles. The molecule has 1 aliphatic rings. The molecule has 0 unspecified atom stereocenters. The van der Waals surface area contributed by atoms with Crippen LogP contribution in [-0.2, 0) is 10.0 Å². The average Bonchev–Trinajstić information content (AvgIpc) is 2.49. The summed E-state index contributed by atoms with van der Waals surface area (Å²) in [5.74, 6) is 0. The van der Waals surface area contributed by atoms with Crippen molar-refractivity contribution in [2.75, 3.05) is 4.72 Å². The van der Waals surface area contributed by atoms with Gasteiger partial charge in [-0.25, -0.2) is 8.42 Å². The molecule has 0 saturated heterocycles. The number of benzene rings is 2. The van der Waals surface area contributed by atoms with E-state index >= 15 is 0 Å². The molecule has 0 saturated carbocycles. The van der Waals surface area contributed by atoms with Crippen LogP contribution < -0.4 is 10.2 Å². The molecule has 0 bridgehead atoms. The van der Waals surface area contributed by atoms with Gasteiger partial charge < -0.3 is 0 Å². The van der Waals surface area contributed by atoms with E-state index in [9.17, 15) is 8.42 Å². The molecule has 1 aliphatic heterocycles. The standard InChI is InChI=1S/C15H9BN2O2S/c16-12-8-11-9-4-1-2-6-13(9)21(19,20)18-15(11)14-10(12)5-3-7-17-14/h1-8,18H. The van der Waals surface area contributed by atoms with Gasteiger partial charge in [0.2, 0.25) is 0 Å². The fourth-order valence-electron chi connectivity index (χ4n) is 2.70. The van der Waals surface area contributed by atoms with Gasteiger partial charge in [0.1, 0.15) is 7.85 Å². The van der Waals surface area contributed by atoms with E-state index in [0.29, 0.717) is 22.2 Å². The monoisotopic (exact) mass is 292 g/mol. The number of pyridine rings is 1. The number of anilines is 1. The van der Waals surface area contributed by atoms with Crippen molar-refractivity contribution < 1.29 is 8.42 Å². The maximum atomic E-state index is 12.4. The van der Waals surface area contributed by atoms with Crippen LogP contribution in [0.1, 0.15) is 0 Å². The summed E-state index contributed by atoms with van der Waals surface area (Å²) in [5, 5.41) is 0.735. The molecule has 0 aliphatic carbocycles. The van der Waals surface area contributed by atoms with Crippen molar-refractivity contribution in [2.45, 2.75) is 4.90 Å². The Balaban J connectivity index is 2.21. The Morgan fingerprint density at radius 3 is 2.71 bits per heavy atom. The smallest absolute Gasteiger partial charge is 0.262 e. The number of hydrogen-bond donors (Lipinski definition) is 1. The third-order valence-corrected chi connectivity index (χ3v) is 5.04. The number of sulfonamides is 1. The van der Waals surface area contributed by atoms with Gasteiger partial charge in [-0.1, -0.05) is 35.8 Å². The number of hydrogen-bond acceptors (Lipinski definition) is 3. The van der Waals surface area contributed by atoms with E-state index in [2.05, 4.69) is 9.71 Å². The Bertz CT molecular complexity index is 1000. The predicted octanol–water partition coefficient (Wildman–Crippen LogP) is 1.81. The lowest BCUT2D eigenvalue weighted by atomic mass is 9.87. The van der Waals surface area contributed by atoms with E-state index < -0.39 is 10.0 Å². The summed E-state index contributed by atoms with van der Waals surface area (Å²) < 4.78 is 27.4. The van der Waals surface area contributed by atoms with Gasteiger partial charge in [-0.15, -0.1) is 0 Å². The molecule has 1 N–H and O–H groups in total. The van der Waals surface area contributed by atoms with Gasteiger partial charge in [0.05, 0.1) is 16.1 Å². The molecule has 4 rings (SSSR count). The van der Waals surface area contributed by atoms with Gasteiger partial charge in [0, 0.05) is 17.3 Å². The van der Waals surface area contributed by atoms with Crippen LogP contribution in [-0.4, -0.2) is 21.2 Å². The van der Waals surface area contributed by atoms with Crippen LogP contribution in [0, 0.1) is 0 Å². The largest absolute Gasteiger partial charge is 0.277 e. The topological polar surface area (TPSA) is 59.1 Å². The first kappa shape index (κ1) is 12.4. The highest BCUT2D eigenvalue weighted by Gasteiger charge is 2.28. The first-order valence-corrected chi connectivity index (χ1v) is 7.86. The van der Waals surface area contributed by atoms with Crippen molar-refractivity contribution in [3.63, 3.8) is 0 Å². The number of rotatable bonds is 0. The maximum Gasteiger partial charge on any atom is 0.262 e. The van der Waals surface area contributed by atoms with Crippen LogP contribution >= 0.6 is 0 Å². The fourth-order valence-corrected chi connectivity index (χ4v) is 4.01. The van der Waals surface area contributed by atoms with Crippen molar-refractivity contribution in [3.05, 3.63) is 48.7 Å². The van der Waals surface area contributed by atoms with Gasteiger partial charge in [0.25, 0.3) is 10.0 Å². The molecule has 0 fully saturated rings. The lowest BCUT2D eigenvalue weighted by molar-refractivity contribution is 0.601. The van der Waals surface area contributed by atoms with Gasteiger partial charge in [-0.2, -0.15) is 0 Å². The van der Waals surface area contributed by atoms with Crippen molar-refractivity contribution in [3.8, 4) is 11.1 Å². The molecule has 4 nitrogen and oxygen atoms in total. The highest BCUT2D eigenvalue weighted by molar-refractivity contribution is 7.93. The SMILES string of the molecule is [B]c1cc2c(c3ncccc13)NS(=O)(=O)c1ccccc1-2. The summed E-state index contributed by atoms with van der Waals surface area (Å²) >= 11 is 0. The molecule has 0 amide bonds. The van der Waals surface area contributed by atoms with Crippen LogP contribution in [0.15, 0.2) is 53.6 Å². The second-order valence-corrected chi connectivity index (χ2v) is 6.54. The molecule has 3 aromatic rings. The van der Waals surface area contributed by atoms with Crippen molar-refractivity contribution in [1.29, 1.82) is 0 Å². The molecular formula is C15H9BN2O2S. The van der Waals surface area contributed by atoms with Crippen LogP contribution in [0.4, 0.5) is 5.69 Å². The van der Waals surface area contributed by atoms with E-state index in [1.165, 1.54) is 0 Å². The Morgan fingerprint density at radius 2 is 1.86 bits per heavy atom. The number of nitrogens with one attached hydrogen (secondary N) is 1. The van der Waals surface area contributed by atoms with Gasteiger partial charge in [0.15, 0.2) is 0 Å². The van der Waals surface area contributed by atoms with Crippen LogP contribution in [0.5, 0.6) is 0 Å². The second kappa shape index (κ2) is 4.08. The van der Waals surface area contributed by atoms with Crippen molar-refractivity contribution in [1.82, 2.24) is 4.98 Å². The molecule has 1 aromatic heterocycles. The van der Waals surface area contributed by atoms with E-state index in [4.69, 9.17) is 7.85 Å². The molecule has 2 heterocycles. The fraction of sp³-hybridized carbons (Fsp3) is 0. The molecule has 0 atom stereocenters. The molecule has 6 heteroatoms. The van der Waals surface area contributed by atoms with E-state index in [-0.39, 0.29) is 4.90 Å². The zero-order chi connectivity index (χ0) is 14.6. The van der Waals surface area contributed by atoms with Crippen molar-refractivity contribution >= 4 is 39.9 Å². The predicted molar refractivity (Wildman–Crippen MR) is 83.4 cm³/mol. The highest BCUT2D eigenvalue weighted by atomic mass is 32.2. The van der Waals surface area contributed by atoms with Gasteiger partial charge in [-0.05, 0) is 17.5 Å². The van der Waals surface area contributed by atoms with Crippen LogP contribution in [0.25, 0.3) is 22.0 Å². The quantitative estimate of drug-likeness (QED) is 0.643. The summed E-state index contributed by atoms with van der Waals surface area (Å²) in [7, 11) is 2.50. The molecule has 0 spiro atoms. The third kappa shape index (κ3) is 1.69. The Labute approximate surface area is 123 Å². The average molecular weight is 292 g/mol. The molecule has 21 heavy (non-hydrogen) atoms. The molecule has 100 valence electrons. The molecular weight excluding hydrogens is 283 g/mol. The zero-order valence-corrected chi connectivity index (χ0v) is 11.7. The minimum atomic E-state index is -3.59. The minimum Gasteiger partial charge on any atom is -0.277 e. The number of fused-ring (bicyclic) bond motifs is 5. The second-order valence-electron chi connectivity index (χ2n) is 4.89. The lowest BCUT2D eigenvalue weighted by Gasteiger charge is -2.23. The summed E-state index contributed by atoms with van der Waals surface area (Å²) in [6, 6.07) is 12.3. The Morgan fingerprint density at radius 1 is 1.05 bits per heavy atom. The zero-order valence-electron chi connectivity index (χ0n) is 10.9. The number of nitrogens with zero attached hydrogens (tertiary/aromatic N) is 1. The summed E-state index contributed by atoms with van der Waals surface area (Å²) in [4.78, 5) is 4.54. The first-order chi connectivity index (χ1) is 10.1. The summed E-state index contributed by atoms with van der Waals surface area (Å²) in [5.41, 5.74) is 3.02. The Hall–Kier alpha value is -2.34. The summed E-state index contributed by atoms with van der Waals surface area (Å²) in [6.07, 6.45) is 1.62. The van der Waals surface area contributed by atoms with E-state index in [0.717, 1.165) is 10.9 Å². The normalized spacial score (nSPS) is 15.0. The van der Waals surface area contributed by atoms with Gasteiger partial charge >= 0.3 is 0 Å². The van der Waals surface area contributed by atoms with Crippen molar-refractivity contribution in [2.24, 2.45) is 0 Å². The lowest BCUT2D eigenvalue weighted by Crippen LogP contribution is -2.21. The van der Waals surface area contributed by atoms with Crippen LogP contribution in [0.2, 0.25) is 0 Å².